The number of nitrogens with zero attached hydrogens (tertiary/aromatic N) is 1. The van der Waals surface area contributed by atoms with Gasteiger partial charge >= 0.3 is 0 Å². The minimum Gasteiger partial charge on any atom is -0.326 e. The first kappa shape index (κ1) is 19.7. The molecule has 0 heterocycles. The van der Waals surface area contributed by atoms with Crippen molar-refractivity contribution in [1.29, 1.82) is 0 Å². The Morgan fingerprint density at radius 1 is 1.04 bits per heavy atom. The smallest absolute Gasteiger partial charge is 0.245 e. The normalized spacial score (nSPS) is 10.9. The molecule has 0 bridgehead atoms. The molecule has 0 spiro atoms. The number of para-hydroxylation sites is 1. The molecule has 7 nitrogen and oxygen atoms in total. The second-order valence-electron chi connectivity index (χ2n) is 5.53. The van der Waals surface area contributed by atoms with Crippen molar-refractivity contribution in [1.82, 2.24) is 0 Å². The summed E-state index contributed by atoms with van der Waals surface area (Å²) in [5.74, 6) is -0.772. The van der Waals surface area contributed by atoms with Gasteiger partial charge in [0.15, 0.2) is 0 Å². The molecule has 0 aliphatic carbocycles. The molecule has 138 valence electrons. The Morgan fingerprint density at radius 3 is 2.19 bits per heavy atom. The lowest BCUT2D eigenvalue weighted by Gasteiger charge is -2.22. The number of carbonyl (C=O) groups excluding carboxylic acids is 2. The van der Waals surface area contributed by atoms with E-state index in [-0.39, 0.29) is 5.91 Å². The Morgan fingerprint density at radius 2 is 1.65 bits per heavy atom. The van der Waals surface area contributed by atoms with Gasteiger partial charge < -0.3 is 10.6 Å². The van der Waals surface area contributed by atoms with E-state index in [0.717, 1.165) is 10.6 Å². The quantitative estimate of drug-likeness (QED) is 0.786. The van der Waals surface area contributed by atoms with Gasteiger partial charge in [-0.25, -0.2) is 8.42 Å². The summed E-state index contributed by atoms with van der Waals surface area (Å²) >= 11 is 5.99. The topological polar surface area (TPSA) is 95.6 Å². The number of hydrogen-bond acceptors (Lipinski definition) is 4. The fraction of sp³-hybridized carbons (Fsp3) is 0.176. The zero-order valence-electron chi connectivity index (χ0n) is 14.2. The highest BCUT2D eigenvalue weighted by molar-refractivity contribution is 7.92. The molecule has 2 aromatic carbocycles. The molecular formula is C17H18ClN3O4S. The van der Waals surface area contributed by atoms with Crippen LogP contribution in [0.15, 0.2) is 48.5 Å². The summed E-state index contributed by atoms with van der Waals surface area (Å²) in [4.78, 5) is 23.3. The number of anilines is 3. The fourth-order valence-corrected chi connectivity index (χ4v) is 3.24. The molecule has 0 saturated carbocycles. The Balaban J connectivity index is 2.19. The van der Waals surface area contributed by atoms with Crippen LogP contribution in [0.4, 0.5) is 17.1 Å². The molecular weight excluding hydrogens is 378 g/mol. The third-order valence-corrected chi connectivity index (χ3v) is 4.78. The molecule has 0 fully saturated rings. The first-order valence-electron chi connectivity index (χ1n) is 7.56. The SMILES string of the molecule is CC(=O)Nc1ccc(N(CC(=O)Nc2ccccc2Cl)S(C)(=O)=O)cc1. The van der Waals surface area contributed by atoms with Crippen LogP contribution in [0.25, 0.3) is 0 Å². The Kier molecular flexibility index (Phi) is 6.23. The number of nitrogens with one attached hydrogen (secondary N) is 2. The number of amides is 2. The van der Waals surface area contributed by atoms with E-state index in [4.69, 9.17) is 11.6 Å². The summed E-state index contributed by atoms with van der Waals surface area (Å²) < 4.78 is 25.2. The third-order valence-electron chi connectivity index (χ3n) is 3.31. The maximum absolute atomic E-state index is 12.3. The molecule has 2 aromatic rings. The van der Waals surface area contributed by atoms with Gasteiger partial charge in [-0.2, -0.15) is 0 Å². The lowest BCUT2D eigenvalue weighted by atomic mass is 10.2. The van der Waals surface area contributed by atoms with Gasteiger partial charge in [0.25, 0.3) is 0 Å². The zero-order chi connectivity index (χ0) is 19.3. The van der Waals surface area contributed by atoms with E-state index in [1.807, 2.05) is 0 Å². The van der Waals surface area contributed by atoms with Gasteiger partial charge in [0.2, 0.25) is 21.8 Å². The van der Waals surface area contributed by atoms with Crippen LogP contribution in [-0.2, 0) is 19.6 Å². The van der Waals surface area contributed by atoms with Crippen molar-refractivity contribution in [2.75, 3.05) is 27.7 Å². The molecule has 0 aromatic heterocycles. The van der Waals surface area contributed by atoms with Crippen molar-refractivity contribution in [2.45, 2.75) is 6.92 Å². The lowest BCUT2D eigenvalue weighted by Crippen LogP contribution is -2.37. The summed E-state index contributed by atoms with van der Waals surface area (Å²) in [6, 6.07) is 12.8. The van der Waals surface area contributed by atoms with Crippen LogP contribution in [0, 0.1) is 0 Å². The minimum atomic E-state index is -3.70. The van der Waals surface area contributed by atoms with Crippen molar-refractivity contribution >= 4 is 50.5 Å². The number of halogens is 1. The summed E-state index contributed by atoms with van der Waals surface area (Å²) in [5, 5.41) is 5.53. The fourth-order valence-electron chi connectivity index (χ4n) is 2.20. The number of hydrogen-bond donors (Lipinski definition) is 2. The summed E-state index contributed by atoms with van der Waals surface area (Å²) in [7, 11) is -3.70. The Bertz CT molecular complexity index is 914. The van der Waals surface area contributed by atoms with Gasteiger partial charge in [-0.1, -0.05) is 23.7 Å². The van der Waals surface area contributed by atoms with E-state index in [9.17, 15) is 18.0 Å². The second kappa shape index (κ2) is 8.20. The molecule has 2 N–H and O–H groups in total. The van der Waals surface area contributed by atoms with E-state index >= 15 is 0 Å². The minimum absolute atomic E-state index is 0.239. The highest BCUT2D eigenvalue weighted by atomic mass is 35.5. The standard InChI is InChI=1S/C17H18ClN3O4S/c1-12(22)19-13-7-9-14(10-8-13)21(26(2,24)25)11-17(23)20-16-6-4-3-5-15(16)18/h3-10H,11H2,1-2H3,(H,19,22)(H,20,23). The van der Waals surface area contributed by atoms with Crippen molar-refractivity contribution in [3.8, 4) is 0 Å². The number of rotatable bonds is 6. The Labute approximate surface area is 157 Å². The summed E-state index contributed by atoms with van der Waals surface area (Å²) in [5.41, 5.74) is 1.22. The van der Waals surface area contributed by atoms with Gasteiger partial charge in [-0.05, 0) is 36.4 Å². The number of sulfonamides is 1. The van der Waals surface area contributed by atoms with Gasteiger partial charge in [-0.15, -0.1) is 0 Å². The average Bonchev–Trinajstić information content (AvgIpc) is 2.54. The molecule has 9 heteroatoms. The maximum atomic E-state index is 12.3. The molecule has 0 saturated heterocycles. The largest absolute Gasteiger partial charge is 0.326 e. The van der Waals surface area contributed by atoms with Gasteiger partial charge in [0, 0.05) is 12.6 Å². The highest BCUT2D eigenvalue weighted by Crippen LogP contribution is 2.22. The third kappa shape index (κ3) is 5.47. The van der Waals surface area contributed by atoms with Gasteiger partial charge in [0.05, 0.1) is 22.7 Å². The highest BCUT2D eigenvalue weighted by Gasteiger charge is 2.21. The molecule has 0 radical (unpaired) electrons. The molecule has 0 aliphatic rings. The van der Waals surface area contributed by atoms with Crippen LogP contribution in [0.1, 0.15) is 6.92 Å². The van der Waals surface area contributed by atoms with Crippen LogP contribution in [-0.4, -0.2) is 33.0 Å². The first-order valence-corrected chi connectivity index (χ1v) is 9.79. The molecule has 2 amide bonds. The average molecular weight is 396 g/mol. The predicted octanol–water partition coefficient (Wildman–Crippen LogP) is 2.70. The van der Waals surface area contributed by atoms with E-state index in [1.165, 1.54) is 19.1 Å². The maximum Gasteiger partial charge on any atom is 0.245 e. The monoisotopic (exact) mass is 395 g/mol. The van der Waals surface area contributed by atoms with Crippen molar-refractivity contribution in [2.24, 2.45) is 0 Å². The molecule has 26 heavy (non-hydrogen) atoms. The van der Waals surface area contributed by atoms with Crippen molar-refractivity contribution < 1.29 is 18.0 Å². The summed E-state index contributed by atoms with van der Waals surface area (Å²) in [6.07, 6.45) is 1.01. The first-order chi connectivity index (χ1) is 12.2. The van der Waals surface area contributed by atoms with E-state index in [1.54, 1.807) is 36.4 Å². The lowest BCUT2D eigenvalue weighted by molar-refractivity contribution is -0.115. The van der Waals surface area contributed by atoms with Crippen molar-refractivity contribution in [3.05, 3.63) is 53.6 Å². The summed E-state index contributed by atoms with van der Waals surface area (Å²) in [6.45, 7) is 0.958. The number of carbonyl (C=O) groups is 2. The van der Waals surface area contributed by atoms with Crippen LogP contribution in [0.3, 0.4) is 0 Å². The second-order valence-corrected chi connectivity index (χ2v) is 7.84. The molecule has 0 atom stereocenters. The van der Waals surface area contributed by atoms with Crippen LogP contribution >= 0.6 is 11.6 Å². The predicted molar refractivity (Wildman–Crippen MR) is 103 cm³/mol. The van der Waals surface area contributed by atoms with E-state index < -0.39 is 22.5 Å². The van der Waals surface area contributed by atoms with Crippen LogP contribution < -0.4 is 14.9 Å². The zero-order valence-corrected chi connectivity index (χ0v) is 15.8. The van der Waals surface area contributed by atoms with E-state index in [0.29, 0.717) is 22.1 Å². The van der Waals surface area contributed by atoms with E-state index in [2.05, 4.69) is 10.6 Å². The van der Waals surface area contributed by atoms with Gasteiger partial charge in [0.1, 0.15) is 6.54 Å². The van der Waals surface area contributed by atoms with Crippen molar-refractivity contribution in [3.63, 3.8) is 0 Å². The van der Waals surface area contributed by atoms with Crippen LogP contribution in [0.5, 0.6) is 0 Å². The van der Waals surface area contributed by atoms with Gasteiger partial charge in [-0.3, -0.25) is 13.9 Å². The number of benzene rings is 2. The molecule has 0 aliphatic heterocycles. The Hall–Kier alpha value is -2.58. The molecule has 2 rings (SSSR count). The van der Waals surface area contributed by atoms with Crippen LogP contribution in [0.2, 0.25) is 5.02 Å². The molecule has 0 unspecified atom stereocenters.